The Kier molecular flexibility index (Phi) is 9.30. The molecule has 0 nitrogen and oxygen atoms in total. The highest BCUT2D eigenvalue weighted by atomic mass is 14.0. The Balaban J connectivity index is 4.12. The lowest BCUT2D eigenvalue weighted by molar-refractivity contribution is 0.975. The average Bonchev–Trinajstić information content (AvgIpc) is 2.33. The smallest absolute Gasteiger partial charge is 0.0239 e. The van der Waals surface area contributed by atoms with Crippen LogP contribution in [0.5, 0.6) is 0 Å². The van der Waals surface area contributed by atoms with Crippen LogP contribution in [0.3, 0.4) is 0 Å². The lowest BCUT2D eigenvalue weighted by Crippen LogP contribution is -1.81. The summed E-state index contributed by atoms with van der Waals surface area (Å²) in [5, 5.41) is 0. The molecule has 0 heterocycles. The Morgan fingerprint density at radius 1 is 0.944 bits per heavy atom. The van der Waals surface area contributed by atoms with Crippen LogP contribution < -0.4 is 0 Å². The van der Waals surface area contributed by atoms with Crippen LogP contribution in [0.1, 0.15) is 26.7 Å². The molecule has 0 N–H and O–H groups in total. The highest BCUT2D eigenvalue weighted by Gasteiger charge is 1.92. The molecule has 0 atom stereocenters. The predicted molar refractivity (Wildman–Crippen MR) is 84.6 cm³/mol. The summed E-state index contributed by atoms with van der Waals surface area (Å²) in [6.45, 7) is 15.7. The topological polar surface area (TPSA) is 0 Å². The lowest BCUT2D eigenvalue weighted by Gasteiger charge is -2.00. The van der Waals surface area contributed by atoms with E-state index in [0.29, 0.717) is 0 Å². The SMILES string of the molecule is C=C/C=C(\C=C)CCC(=C)/C=C\C=C/C=C(C)C. The maximum absolute atomic E-state index is 4.03. The minimum atomic E-state index is 0.943. The minimum absolute atomic E-state index is 0.943. The first kappa shape index (κ1) is 16.2. The number of hydrogen-bond donors (Lipinski definition) is 0. The van der Waals surface area contributed by atoms with Crippen molar-refractivity contribution in [2.45, 2.75) is 26.7 Å². The van der Waals surface area contributed by atoms with E-state index in [0.717, 1.165) is 18.4 Å². The molecule has 0 radical (unpaired) electrons. The molecule has 96 valence electrons. The van der Waals surface area contributed by atoms with Crippen LogP contribution in [-0.4, -0.2) is 0 Å². The molecular formula is C18H24. The standard InChI is InChI=1S/C18H24/c1-6-11-18(7-2)15-14-17(5)13-10-8-9-12-16(3)4/h6-13H,1-2,5,14-15H2,3-4H3/b9-8-,13-10-,18-11+. The van der Waals surface area contributed by atoms with Crippen molar-refractivity contribution in [1.82, 2.24) is 0 Å². The van der Waals surface area contributed by atoms with Crippen molar-refractivity contribution < 1.29 is 0 Å². The van der Waals surface area contributed by atoms with Crippen LogP contribution in [0.2, 0.25) is 0 Å². The Morgan fingerprint density at radius 3 is 2.22 bits per heavy atom. The highest BCUT2D eigenvalue weighted by Crippen LogP contribution is 2.12. The fourth-order valence-corrected chi connectivity index (χ4v) is 1.30. The van der Waals surface area contributed by atoms with E-state index in [1.807, 2.05) is 36.5 Å². The molecule has 0 amide bonds. The van der Waals surface area contributed by atoms with Gasteiger partial charge in [0.2, 0.25) is 0 Å². The van der Waals surface area contributed by atoms with E-state index in [9.17, 15) is 0 Å². The largest absolute Gasteiger partial charge is 0.0991 e. The van der Waals surface area contributed by atoms with Crippen LogP contribution >= 0.6 is 0 Å². The molecule has 0 aromatic carbocycles. The van der Waals surface area contributed by atoms with E-state index in [-0.39, 0.29) is 0 Å². The second-order valence-corrected chi connectivity index (χ2v) is 4.33. The first-order valence-electron chi connectivity index (χ1n) is 6.20. The van der Waals surface area contributed by atoms with Crippen molar-refractivity contribution in [3.63, 3.8) is 0 Å². The van der Waals surface area contributed by atoms with Gasteiger partial charge in [-0.15, -0.1) is 0 Å². The van der Waals surface area contributed by atoms with Gasteiger partial charge >= 0.3 is 0 Å². The summed E-state index contributed by atoms with van der Waals surface area (Å²) in [5.41, 5.74) is 3.61. The molecule has 0 aliphatic carbocycles. The molecule has 0 unspecified atom stereocenters. The molecule has 0 heteroatoms. The minimum Gasteiger partial charge on any atom is -0.0991 e. The Bertz CT molecular complexity index is 394. The summed E-state index contributed by atoms with van der Waals surface area (Å²) in [5.74, 6) is 0. The molecule has 0 rings (SSSR count). The van der Waals surface area contributed by atoms with Gasteiger partial charge in [0.15, 0.2) is 0 Å². The van der Waals surface area contributed by atoms with Crippen molar-refractivity contribution in [1.29, 1.82) is 0 Å². The zero-order valence-corrected chi connectivity index (χ0v) is 11.7. The van der Waals surface area contributed by atoms with Crippen molar-refractivity contribution >= 4 is 0 Å². The van der Waals surface area contributed by atoms with Gasteiger partial charge in [0.1, 0.15) is 0 Å². The van der Waals surface area contributed by atoms with Gasteiger partial charge in [0, 0.05) is 0 Å². The predicted octanol–water partition coefficient (Wildman–Crippen LogP) is 5.70. The van der Waals surface area contributed by atoms with E-state index in [4.69, 9.17) is 0 Å². The molecule has 0 spiro atoms. The maximum Gasteiger partial charge on any atom is -0.0239 e. The van der Waals surface area contributed by atoms with Crippen LogP contribution in [0.15, 0.2) is 85.1 Å². The van der Waals surface area contributed by atoms with E-state index >= 15 is 0 Å². The summed E-state index contributed by atoms with van der Waals surface area (Å²) < 4.78 is 0. The van der Waals surface area contributed by atoms with E-state index in [1.165, 1.54) is 11.1 Å². The van der Waals surface area contributed by atoms with Crippen molar-refractivity contribution in [3.8, 4) is 0 Å². The lowest BCUT2D eigenvalue weighted by atomic mass is 10.1. The first-order valence-corrected chi connectivity index (χ1v) is 6.20. The summed E-state index contributed by atoms with van der Waals surface area (Å²) >= 11 is 0. The molecular weight excluding hydrogens is 216 g/mol. The van der Waals surface area contributed by atoms with E-state index in [2.05, 4.69) is 39.7 Å². The van der Waals surface area contributed by atoms with Gasteiger partial charge in [-0.3, -0.25) is 0 Å². The zero-order valence-electron chi connectivity index (χ0n) is 11.7. The van der Waals surface area contributed by atoms with Crippen molar-refractivity contribution in [2.24, 2.45) is 0 Å². The van der Waals surface area contributed by atoms with Gasteiger partial charge in [-0.1, -0.05) is 79.5 Å². The molecule has 0 fully saturated rings. The average molecular weight is 240 g/mol. The zero-order chi connectivity index (χ0) is 13.8. The molecule has 18 heavy (non-hydrogen) atoms. The normalized spacial score (nSPS) is 11.8. The van der Waals surface area contributed by atoms with Gasteiger partial charge in [0.25, 0.3) is 0 Å². The number of hydrogen-bond acceptors (Lipinski definition) is 0. The third-order valence-electron chi connectivity index (χ3n) is 2.31. The monoisotopic (exact) mass is 240 g/mol. The third kappa shape index (κ3) is 9.41. The van der Waals surface area contributed by atoms with Gasteiger partial charge in [-0.2, -0.15) is 0 Å². The molecule has 0 aromatic rings. The fraction of sp³-hybridized carbons (Fsp3) is 0.222. The van der Waals surface area contributed by atoms with Crippen molar-refractivity contribution in [3.05, 3.63) is 85.1 Å². The summed E-state index contributed by atoms with van der Waals surface area (Å²) in [6, 6.07) is 0. The summed E-state index contributed by atoms with van der Waals surface area (Å²) in [7, 11) is 0. The molecule has 0 bridgehead atoms. The first-order chi connectivity index (χ1) is 8.60. The Morgan fingerprint density at radius 2 is 1.67 bits per heavy atom. The molecule has 0 saturated carbocycles. The van der Waals surface area contributed by atoms with Crippen LogP contribution in [0.4, 0.5) is 0 Å². The van der Waals surface area contributed by atoms with E-state index < -0.39 is 0 Å². The van der Waals surface area contributed by atoms with Crippen molar-refractivity contribution in [2.75, 3.05) is 0 Å². The summed E-state index contributed by atoms with van der Waals surface area (Å²) in [4.78, 5) is 0. The number of allylic oxidation sites excluding steroid dienone is 11. The Labute approximate surface area is 112 Å². The van der Waals surface area contributed by atoms with Crippen LogP contribution in [0.25, 0.3) is 0 Å². The maximum atomic E-state index is 4.03. The van der Waals surface area contributed by atoms with E-state index in [1.54, 1.807) is 6.08 Å². The second-order valence-electron chi connectivity index (χ2n) is 4.33. The summed E-state index contributed by atoms with van der Waals surface area (Å²) in [6.07, 6.45) is 17.7. The number of rotatable bonds is 8. The van der Waals surface area contributed by atoms with Crippen LogP contribution in [-0.2, 0) is 0 Å². The molecule has 0 aromatic heterocycles. The second kappa shape index (κ2) is 10.3. The van der Waals surface area contributed by atoms with Crippen LogP contribution in [0, 0.1) is 0 Å². The molecule has 0 saturated heterocycles. The van der Waals surface area contributed by atoms with Gasteiger partial charge < -0.3 is 0 Å². The fourth-order valence-electron chi connectivity index (χ4n) is 1.30. The van der Waals surface area contributed by atoms with Gasteiger partial charge in [0.05, 0.1) is 0 Å². The third-order valence-corrected chi connectivity index (χ3v) is 2.31. The van der Waals surface area contributed by atoms with Gasteiger partial charge in [-0.25, -0.2) is 0 Å². The van der Waals surface area contributed by atoms with Gasteiger partial charge in [-0.05, 0) is 32.3 Å². The quantitative estimate of drug-likeness (QED) is 0.477. The molecule has 0 aliphatic rings. The highest BCUT2D eigenvalue weighted by molar-refractivity contribution is 5.26. The Hall–Kier alpha value is -1.82. The molecule has 0 aliphatic heterocycles.